The van der Waals surface area contributed by atoms with E-state index in [0.717, 1.165) is 25.1 Å². The minimum Gasteiger partial charge on any atom is -0.313 e. The molecular weight excluding hydrogens is 226 g/mol. The van der Waals surface area contributed by atoms with Crippen molar-refractivity contribution in [3.05, 3.63) is 11.6 Å². The fraction of sp³-hybridized carbons (Fsp3) is 0.800. The van der Waals surface area contributed by atoms with Gasteiger partial charge in [-0.25, -0.2) is 0 Å². The standard InChI is InChI=1S/C10H21N3O2S/c1-9(2)13(3)16(14,15)12-8-10-4-6-11-7-5-10/h4,9,11-12H,5-8H2,1-3H3. The number of rotatable bonds is 5. The third kappa shape index (κ3) is 3.86. The second kappa shape index (κ2) is 5.77. The molecule has 2 N–H and O–H groups in total. The van der Waals surface area contributed by atoms with Crippen molar-refractivity contribution in [1.82, 2.24) is 14.3 Å². The summed E-state index contributed by atoms with van der Waals surface area (Å²) in [4.78, 5) is 0. The van der Waals surface area contributed by atoms with Gasteiger partial charge in [-0.15, -0.1) is 0 Å². The Labute approximate surface area is 98.1 Å². The average Bonchev–Trinajstić information content (AvgIpc) is 2.27. The quantitative estimate of drug-likeness (QED) is 0.676. The molecule has 0 radical (unpaired) electrons. The number of hydrogen-bond donors (Lipinski definition) is 2. The van der Waals surface area contributed by atoms with E-state index in [2.05, 4.69) is 10.0 Å². The molecule has 5 nitrogen and oxygen atoms in total. The van der Waals surface area contributed by atoms with Gasteiger partial charge in [0, 0.05) is 26.2 Å². The summed E-state index contributed by atoms with van der Waals surface area (Å²) in [6.07, 6.45) is 2.95. The highest BCUT2D eigenvalue weighted by molar-refractivity contribution is 7.87. The molecular formula is C10H21N3O2S. The van der Waals surface area contributed by atoms with E-state index in [0.29, 0.717) is 6.54 Å². The van der Waals surface area contributed by atoms with E-state index in [4.69, 9.17) is 0 Å². The normalized spacial score (nSPS) is 17.9. The first-order chi connectivity index (χ1) is 7.43. The molecule has 0 unspecified atom stereocenters. The summed E-state index contributed by atoms with van der Waals surface area (Å²) in [6, 6.07) is -0.0282. The molecule has 1 heterocycles. The molecule has 0 aliphatic carbocycles. The highest BCUT2D eigenvalue weighted by Gasteiger charge is 2.20. The summed E-state index contributed by atoms with van der Waals surface area (Å²) < 4.78 is 27.5. The third-order valence-corrected chi connectivity index (χ3v) is 4.43. The van der Waals surface area contributed by atoms with Gasteiger partial charge in [0.05, 0.1) is 0 Å². The first-order valence-electron chi connectivity index (χ1n) is 5.54. The van der Waals surface area contributed by atoms with Crippen molar-refractivity contribution in [2.75, 3.05) is 26.7 Å². The van der Waals surface area contributed by atoms with Crippen LogP contribution in [0.2, 0.25) is 0 Å². The van der Waals surface area contributed by atoms with Crippen LogP contribution in [-0.4, -0.2) is 45.4 Å². The molecule has 0 aromatic heterocycles. The third-order valence-electron chi connectivity index (χ3n) is 2.75. The molecule has 0 aromatic carbocycles. The summed E-state index contributed by atoms with van der Waals surface area (Å²) >= 11 is 0. The van der Waals surface area contributed by atoms with Crippen LogP contribution >= 0.6 is 0 Å². The lowest BCUT2D eigenvalue weighted by Gasteiger charge is -2.22. The van der Waals surface area contributed by atoms with Crippen molar-refractivity contribution >= 4 is 10.2 Å². The van der Waals surface area contributed by atoms with Crippen molar-refractivity contribution < 1.29 is 8.42 Å². The highest BCUT2D eigenvalue weighted by atomic mass is 32.2. The maximum absolute atomic E-state index is 11.8. The van der Waals surface area contributed by atoms with Crippen LogP contribution in [0.25, 0.3) is 0 Å². The van der Waals surface area contributed by atoms with Crippen molar-refractivity contribution in [3.8, 4) is 0 Å². The van der Waals surface area contributed by atoms with Gasteiger partial charge in [0.25, 0.3) is 10.2 Å². The van der Waals surface area contributed by atoms with E-state index >= 15 is 0 Å². The van der Waals surface area contributed by atoms with Gasteiger partial charge in [-0.3, -0.25) is 0 Å². The lowest BCUT2D eigenvalue weighted by atomic mass is 10.1. The Balaban J connectivity index is 2.50. The van der Waals surface area contributed by atoms with Crippen LogP contribution in [0, 0.1) is 0 Å². The van der Waals surface area contributed by atoms with Gasteiger partial charge in [-0.1, -0.05) is 11.6 Å². The van der Waals surface area contributed by atoms with E-state index in [1.807, 2.05) is 19.9 Å². The fourth-order valence-electron chi connectivity index (χ4n) is 1.39. The second-order valence-electron chi connectivity index (χ2n) is 4.25. The molecule has 0 spiro atoms. The highest BCUT2D eigenvalue weighted by Crippen LogP contribution is 2.05. The zero-order valence-electron chi connectivity index (χ0n) is 10.2. The molecule has 6 heteroatoms. The van der Waals surface area contributed by atoms with Gasteiger partial charge in [0.2, 0.25) is 0 Å². The van der Waals surface area contributed by atoms with Gasteiger partial charge < -0.3 is 5.32 Å². The Kier molecular flexibility index (Phi) is 4.91. The van der Waals surface area contributed by atoms with Crippen molar-refractivity contribution in [2.45, 2.75) is 26.3 Å². The molecule has 0 saturated carbocycles. The average molecular weight is 247 g/mol. The molecule has 0 fully saturated rings. The van der Waals surface area contributed by atoms with Gasteiger partial charge in [-0.05, 0) is 26.8 Å². The van der Waals surface area contributed by atoms with Gasteiger partial charge in [0.15, 0.2) is 0 Å². The van der Waals surface area contributed by atoms with E-state index in [9.17, 15) is 8.42 Å². The summed E-state index contributed by atoms with van der Waals surface area (Å²) in [6.45, 7) is 5.87. The summed E-state index contributed by atoms with van der Waals surface area (Å²) in [5.41, 5.74) is 1.15. The summed E-state index contributed by atoms with van der Waals surface area (Å²) in [7, 11) is -1.75. The van der Waals surface area contributed by atoms with Gasteiger partial charge >= 0.3 is 0 Å². The van der Waals surface area contributed by atoms with Crippen LogP contribution < -0.4 is 10.0 Å². The first kappa shape index (κ1) is 13.6. The van der Waals surface area contributed by atoms with E-state index in [1.54, 1.807) is 7.05 Å². The molecule has 0 bridgehead atoms. The van der Waals surface area contributed by atoms with Gasteiger partial charge in [-0.2, -0.15) is 17.4 Å². The van der Waals surface area contributed by atoms with Crippen LogP contribution in [0.3, 0.4) is 0 Å². The molecule has 16 heavy (non-hydrogen) atoms. The molecule has 1 aliphatic rings. The second-order valence-corrected chi connectivity index (χ2v) is 6.07. The van der Waals surface area contributed by atoms with E-state index < -0.39 is 10.2 Å². The maximum Gasteiger partial charge on any atom is 0.279 e. The molecule has 0 amide bonds. The number of nitrogens with zero attached hydrogens (tertiary/aromatic N) is 1. The Morgan fingerprint density at radius 3 is 2.75 bits per heavy atom. The summed E-state index contributed by atoms with van der Waals surface area (Å²) in [5, 5.41) is 3.19. The SMILES string of the molecule is CC(C)N(C)S(=O)(=O)NCC1=CCNCC1. The Morgan fingerprint density at radius 2 is 2.25 bits per heavy atom. The fourth-order valence-corrected chi connectivity index (χ4v) is 2.52. The van der Waals surface area contributed by atoms with Crippen LogP contribution in [0.1, 0.15) is 20.3 Å². The Morgan fingerprint density at radius 1 is 1.56 bits per heavy atom. The van der Waals surface area contributed by atoms with Gasteiger partial charge in [0.1, 0.15) is 0 Å². The largest absolute Gasteiger partial charge is 0.313 e. The number of nitrogens with one attached hydrogen (secondary N) is 2. The van der Waals surface area contributed by atoms with E-state index in [-0.39, 0.29) is 6.04 Å². The monoisotopic (exact) mass is 247 g/mol. The molecule has 0 saturated heterocycles. The van der Waals surface area contributed by atoms with Crippen molar-refractivity contribution in [1.29, 1.82) is 0 Å². The molecule has 94 valence electrons. The van der Waals surface area contributed by atoms with E-state index in [1.165, 1.54) is 4.31 Å². The predicted molar refractivity (Wildman–Crippen MR) is 65.4 cm³/mol. The minimum absolute atomic E-state index is 0.0282. The minimum atomic E-state index is -3.34. The summed E-state index contributed by atoms with van der Waals surface area (Å²) in [5.74, 6) is 0. The van der Waals surface area contributed by atoms with Crippen LogP contribution in [0.5, 0.6) is 0 Å². The van der Waals surface area contributed by atoms with Crippen molar-refractivity contribution in [2.24, 2.45) is 0 Å². The first-order valence-corrected chi connectivity index (χ1v) is 6.98. The molecule has 1 aliphatic heterocycles. The lowest BCUT2D eigenvalue weighted by Crippen LogP contribution is -2.42. The Bertz CT molecular complexity index is 349. The van der Waals surface area contributed by atoms with Crippen LogP contribution in [0.4, 0.5) is 0 Å². The zero-order chi connectivity index (χ0) is 12.2. The topological polar surface area (TPSA) is 61.4 Å². The smallest absolute Gasteiger partial charge is 0.279 e. The van der Waals surface area contributed by atoms with Crippen LogP contribution in [0.15, 0.2) is 11.6 Å². The Hall–Kier alpha value is -0.430. The molecule has 0 aromatic rings. The number of hydrogen-bond acceptors (Lipinski definition) is 3. The maximum atomic E-state index is 11.8. The lowest BCUT2D eigenvalue weighted by molar-refractivity contribution is 0.403. The van der Waals surface area contributed by atoms with Crippen molar-refractivity contribution in [3.63, 3.8) is 0 Å². The zero-order valence-corrected chi connectivity index (χ0v) is 11.0. The predicted octanol–water partition coefficient (Wildman–Crippen LogP) is 0.0807. The van der Waals surface area contributed by atoms with Crippen LogP contribution in [-0.2, 0) is 10.2 Å². The molecule has 0 atom stereocenters. The molecule has 1 rings (SSSR count).